The van der Waals surface area contributed by atoms with Crippen LogP contribution in [0.1, 0.15) is 11.9 Å². The Hall–Kier alpha value is -1.96. The summed E-state index contributed by atoms with van der Waals surface area (Å²) in [6.07, 6.45) is -2.02. The Kier molecular flexibility index (Phi) is 3.39. The van der Waals surface area contributed by atoms with E-state index in [1.807, 2.05) is 30.3 Å². The number of benzene rings is 1. The average molecular weight is 279 g/mol. The lowest BCUT2D eigenvalue weighted by molar-refractivity contribution is -0.477. The van der Waals surface area contributed by atoms with E-state index in [0.29, 0.717) is 0 Å². The summed E-state index contributed by atoms with van der Waals surface area (Å²) in [5.74, 6) is -0.468. The molecule has 0 radical (unpaired) electrons. The van der Waals surface area contributed by atoms with Gasteiger partial charge in [-0.15, -0.1) is 0 Å². The number of rotatable bonds is 2. The molecule has 0 bridgehead atoms. The predicted octanol–water partition coefficient (Wildman–Crippen LogP) is 0.978. The highest BCUT2D eigenvalue weighted by molar-refractivity contribution is 5.17. The van der Waals surface area contributed by atoms with Crippen molar-refractivity contribution in [2.24, 2.45) is 0 Å². The normalized spacial score (nSPS) is 32.8. The molecule has 1 aromatic carbocycles. The Balaban J connectivity index is 1.77. The van der Waals surface area contributed by atoms with Gasteiger partial charge in [-0.1, -0.05) is 30.3 Å². The third-order valence-electron chi connectivity index (χ3n) is 3.23. The largest absolute Gasteiger partial charge is 0.432 e. The van der Waals surface area contributed by atoms with E-state index in [2.05, 4.69) is 0 Å². The lowest BCUT2D eigenvalue weighted by Gasteiger charge is -2.39. The molecule has 0 aliphatic carbocycles. The molecule has 1 aromatic rings. The van der Waals surface area contributed by atoms with Crippen molar-refractivity contribution < 1.29 is 24.2 Å². The molecule has 106 valence electrons. The first kappa shape index (κ1) is 13.0. The first-order valence-electron chi connectivity index (χ1n) is 6.18. The summed E-state index contributed by atoms with van der Waals surface area (Å²) in [5.41, 5.74) is 0.821. The highest BCUT2D eigenvalue weighted by Gasteiger charge is 2.44. The fourth-order valence-corrected chi connectivity index (χ4v) is 2.27. The van der Waals surface area contributed by atoms with Crippen LogP contribution in [0, 0.1) is 10.1 Å². The van der Waals surface area contributed by atoms with Crippen LogP contribution in [0.15, 0.2) is 42.3 Å². The Bertz CT molecular complexity index is 531. The Morgan fingerprint density at radius 3 is 2.75 bits per heavy atom. The molecule has 7 heteroatoms. The van der Waals surface area contributed by atoms with Crippen molar-refractivity contribution in [1.29, 1.82) is 0 Å². The van der Waals surface area contributed by atoms with Crippen molar-refractivity contribution >= 4 is 0 Å². The molecular formula is C13H13NO6. The van der Waals surface area contributed by atoms with Crippen LogP contribution in [0.25, 0.3) is 0 Å². The van der Waals surface area contributed by atoms with E-state index < -0.39 is 35.4 Å². The van der Waals surface area contributed by atoms with Crippen LogP contribution < -0.4 is 0 Å². The number of hydrogen-bond donors (Lipinski definition) is 1. The molecule has 0 amide bonds. The molecule has 4 atom stereocenters. The smallest absolute Gasteiger partial charge is 0.427 e. The third-order valence-corrected chi connectivity index (χ3v) is 3.23. The minimum atomic E-state index is -1.09. The second-order valence-corrected chi connectivity index (χ2v) is 4.59. The zero-order chi connectivity index (χ0) is 14.1. The summed E-state index contributed by atoms with van der Waals surface area (Å²) < 4.78 is 16.3. The van der Waals surface area contributed by atoms with Crippen molar-refractivity contribution in [3.63, 3.8) is 0 Å². The van der Waals surface area contributed by atoms with E-state index in [-0.39, 0.29) is 6.61 Å². The number of aliphatic hydroxyl groups is 1. The van der Waals surface area contributed by atoms with Gasteiger partial charge in [0.25, 0.3) is 0 Å². The first-order chi connectivity index (χ1) is 9.65. The summed E-state index contributed by atoms with van der Waals surface area (Å²) >= 11 is 0. The summed E-state index contributed by atoms with van der Waals surface area (Å²) in [7, 11) is 0. The molecular weight excluding hydrogens is 266 g/mol. The maximum absolute atomic E-state index is 10.7. The van der Waals surface area contributed by atoms with Crippen LogP contribution in [0.2, 0.25) is 0 Å². The quantitative estimate of drug-likeness (QED) is 0.641. The summed E-state index contributed by atoms with van der Waals surface area (Å²) in [5, 5.41) is 20.6. The van der Waals surface area contributed by atoms with Crippen molar-refractivity contribution in [1.82, 2.24) is 0 Å². The molecule has 2 unspecified atom stereocenters. The average Bonchev–Trinajstić information content (AvgIpc) is 2.47. The zero-order valence-electron chi connectivity index (χ0n) is 10.4. The molecule has 0 aromatic heterocycles. The Morgan fingerprint density at radius 2 is 2.05 bits per heavy atom. The van der Waals surface area contributed by atoms with Gasteiger partial charge in [-0.05, 0) is 0 Å². The van der Waals surface area contributed by atoms with Crippen molar-refractivity contribution in [2.75, 3.05) is 6.61 Å². The highest BCUT2D eigenvalue weighted by atomic mass is 16.7. The van der Waals surface area contributed by atoms with Crippen molar-refractivity contribution in [2.45, 2.75) is 24.6 Å². The van der Waals surface area contributed by atoms with Gasteiger partial charge >= 0.3 is 5.88 Å². The number of nitrogens with zero attached hydrogens (tertiary/aromatic N) is 1. The molecule has 1 saturated heterocycles. The van der Waals surface area contributed by atoms with Gasteiger partial charge < -0.3 is 19.3 Å². The lowest BCUT2D eigenvalue weighted by Crippen LogP contribution is -2.50. The monoisotopic (exact) mass is 279 g/mol. The maximum Gasteiger partial charge on any atom is 0.427 e. The number of nitro groups is 1. The van der Waals surface area contributed by atoms with Crippen LogP contribution >= 0.6 is 0 Å². The summed E-state index contributed by atoms with van der Waals surface area (Å²) in [6.45, 7) is 0.118. The molecule has 3 rings (SSSR count). The van der Waals surface area contributed by atoms with E-state index in [1.165, 1.54) is 0 Å². The first-order valence-corrected chi connectivity index (χ1v) is 6.18. The van der Waals surface area contributed by atoms with E-state index in [0.717, 1.165) is 11.6 Å². The molecule has 1 N–H and O–H groups in total. The van der Waals surface area contributed by atoms with Gasteiger partial charge in [0.2, 0.25) is 0 Å². The lowest BCUT2D eigenvalue weighted by atomic mass is 10.0. The molecule has 20 heavy (non-hydrogen) atoms. The third kappa shape index (κ3) is 2.38. The van der Waals surface area contributed by atoms with Crippen LogP contribution in [0.5, 0.6) is 0 Å². The predicted molar refractivity (Wildman–Crippen MR) is 66.0 cm³/mol. The molecule has 0 spiro atoms. The van der Waals surface area contributed by atoms with Crippen molar-refractivity contribution in [3.05, 3.63) is 58.0 Å². The summed E-state index contributed by atoms with van der Waals surface area (Å²) in [6, 6.07) is 9.28. The van der Waals surface area contributed by atoms with E-state index in [9.17, 15) is 15.2 Å². The van der Waals surface area contributed by atoms with Crippen LogP contribution in [0.4, 0.5) is 0 Å². The van der Waals surface area contributed by atoms with Crippen LogP contribution in [-0.4, -0.2) is 34.9 Å². The van der Waals surface area contributed by atoms with Gasteiger partial charge in [0.05, 0.1) is 12.7 Å². The number of hydrogen-bond acceptors (Lipinski definition) is 6. The topological polar surface area (TPSA) is 91.1 Å². The number of ether oxygens (including phenoxy) is 3. The van der Waals surface area contributed by atoms with Gasteiger partial charge in [0.15, 0.2) is 12.4 Å². The Labute approximate surface area is 114 Å². The van der Waals surface area contributed by atoms with Crippen LogP contribution in [-0.2, 0) is 14.2 Å². The van der Waals surface area contributed by atoms with Gasteiger partial charge in [-0.3, -0.25) is 10.1 Å². The van der Waals surface area contributed by atoms with Gasteiger partial charge in [0.1, 0.15) is 17.1 Å². The SMILES string of the molecule is O=[N+]([O-])C1=C[C@@H](O)[C@@H]2OC(c3ccccc3)OCC2O1. The summed E-state index contributed by atoms with van der Waals surface area (Å²) in [4.78, 5) is 10.0. The van der Waals surface area contributed by atoms with Crippen LogP contribution in [0.3, 0.4) is 0 Å². The standard InChI is InChI=1S/C13H13NO6/c15-9-6-11(14(16)17)19-10-7-18-13(20-12(9)10)8-4-2-1-3-5-8/h1-6,9-10,12-13,15H,7H2/t9-,10?,12+,13?/m1/s1. The molecule has 2 aliphatic rings. The molecule has 1 fully saturated rings. The molecule has 2 heterocycles. The number of fused-ring (bicyclic) bond motifs is 1. The highest BCUT2D eigenvalue weighted by Crippen LogP contribution is 2.32. The minimum Gasteiger partial charge on any atom is -0.432 e. The van der Waals surface area contributed by atoms with Gasteiger partial charge in [0, 0.05) is 5.56 Å². The minimum absolute atomic E-state index is 0.118. The fourth-order valence-electron chi connectivity index (χ4n) is 2.27. The van der Waals surface area contributed by atoms with E-state index >= 15 is 0 Å². The zero-order valence-corrected chi connectivity index (χ0v) is 10.4. The number of aliphatic hydroxyl groups excluding tert-OH is 1. The second-order valence-electron chi connectivity index (χ2n) is 4.59. The fraction of sp³-hybridized carbons (Fsp3) is 0.385. The van der Waals surface area contributed by atoms with Gasteiger partial charge in [-0.2, -0.15) is 0 Å². The molecule has 0 saturated carbocycles. The molecule has 2 aliphatic heterocycles. The Morgan fingerprint density at radius 1 is 1.30 bits per heavy atom. The van der Waals surface area contributed by atoms with Gasteiger partial charge in [-0.25, -0.2) is 0 Å². The molecule has 7 nitrogen and oxygen atoms in total. The maximum atomic E-state index is 10.7. The van der Waals surface area contributed by atoms with Crippen molar-refractivity contribution in [3.8, 4) is 0 Å². The van der Waals surface area contributed by atoms with E-state index in [1.54, 1.807) is 0 Å². The van der Waals surface area contributed by atoms with E-state index in [4.69, 9.17) is 14.2 Å². The second kappa shape index (κ2) is 5.20.